The summed E-state index contributed by atoms with van der Waals surface area (Å²) in [6.45, 7) is 3.87. The summed E-state index contributed by atoms with van der Waals surface area (Å²) < 4.78 is 10.7. The van der Waals surface area contributed by atoms with E-state index in [2.05, 4.69) is 208 Å². The summed E-state index contributed by atoms with van der Waals surface area (Å²) in [5.74, 6) is -0.641. The smallest absolute Gasteiger partial charge is 0.306 e. The zero-order valence-corrected chi connectivity index (χ0v) is 48.2. The summed E-state index contributed by atoms with van der Waals surface area (Å²) in [7, 11) is 0. The van der Waals surface area contributed by atoms with Gasteiger partial charge in [-0.2, -0.15) is 0 Å². The van der Waals surface area contributed by atoms with Gasteiger partial charge in [-0.3, -0.25) is 9.59 Å². The average Bonchev–Trinajstić information content (AvgIpc) is 3.42. The Bertz CT molecular complexity index is 1800. The molecule has 1 atom stereocenters. The van der Waals surface area contributed by atoms with E-state index in [1.165, 1.54) is 32.1 Å². The highest BCUT2D eigenvalue weighted by Gasteiger charge is 2.16. The average molecular weight is 1040 g/mol. The molecule has 0 spiro atoms. The Labute approximate surface area is 467 Å². The molecule has 0 fully saturated rings. The largest absolute Gasteiger partial charge is 0.462 e. The predicted molar refractivity (Wildman–Crippen MR) is 333 cm³/mol. The second-order valence-corrected chi connectivity index (χ2v) is 19.0. The Morgan fingerprint density at radius 3 is 0.789 bits per heavy atom. The molecule has 5 heteroatoms. The molecule has 1 N–H and O–H groups in total. The van der Waals surface area contributed by atoms with Crippen LogP contribution in [0.2, 0.25) is 0 Å². The van der Waals surface area contributed by atoms with E-state index in [1.807, 2.05) is 0 Å². The molecule has 0 rings (SSSR count). The van der Waals surface area contributed by atoms with E-state index in [1.54, 1.807) is 0 Å². The fourth-order valence-corrected chi connectivity index (χ4v) is 7.47. The highest BCUT2D eigenvalue weighted by Crippen LogP contribution is 2.12. The molecule has 0 amide bonds. The van der Waals surface area contributed by atoms with Gasteiger partial charge < -0.3 is 14.6 Å². The lowest BCUT2D eigenvalue weighted by molar-refractivity contribution is -0.161. The number of aliphatic hydroxyl groups is 1. The number of rotatable bonds is 52. The van der Waals surface area contributed by atoms with E-state index in [0.717, 1.165) is 161 Å². The van der Waals surface area contributed by atoms with Gasteiger partial charge in [0.15, 0.2) is 6.10 Å². The predicted octanol–water partition coefficient (Wildman–Crippen LogP) is 20.9. The third-order valence-electron chi connectivity index (χ3n) is 11.9. The van der Waals surface area contributed by atoms with Crippen LogP contribution in [0.25, 0.3) is 0 Å². The van der Waals surface area contributed by atoms with Crippen LogP contribution in [-0.2, 0) is 19.1 Å². The molecule has 0 bridgehead atoms. The van der Waals surface area contributed by atoms with Gasteiger partial charge >= 0.3 is 11.9 Å². The van der Waals surface area contributed by atoms with Crippen LogP contribution in [-0.4, -0.2) is 36.4 Å². The SMILES string of the molecule is CC/C=C\C/C=C\C/C=C\C/C=C\C/C=C\C/C=C\C/C=C\C/C=C\CCCCCCCCC(=O)OCC(CO)OC(=O)CCCCCCCC/C=C\C/C=C\C/C=C\C/C=C\C/C=C\C/C=C\C/C=C\C/C=C\CC. The van der Waals surface area contributed by atoms with Crippen LogP contribution in [0.1, 0.15) is 219 Å². The van der Waals surface area contributed by atoms with Crippen molar-refractivity contribution in [1.29, 1.82) is 0 Å². The Balaban J connectivity index is 3.67. The number of unbranched alkanes of at least 4 members (excludes halogenated alkanes) is 12. The Kier molecular flexibility index (Phi) is 59.6. The minimum atomic E-state index is -0.805. The topological polar surface area (TPSA) is 72.8 Å². The number of carbonyl (C=O) groups excluding carboxylic acids is 2. The van der Waals surface area contributed by atoms with Gasteiger partial charge in [0.2, 0.25) is 0 Å². The monoisotopic (exact) mass is 1040 g/mol. The van der Waals surface area contributed by atoms with Crippen LogP contribution in [0.4, 0.5) is 0 Å². The standard InChI is InChI=1S/C71H108O5/c1-3-5-7-9-11-13-15-17-19-21-23-25-27-29-31-33-35-37-39-41-43-45-47-49-51-53-55-57-59-61-63-65-70(73)75-68-69(67-72)76-71(74)66-64-62-60-58-56-54-52-50-48-46-44-42-40-38-36-34-32-30-28-26-24-22-20-18-16-14-12-10-8-6-4-2/h5-8,11-14,17-20,23-26,29-32,35-38,41-44,47-50,69,72H,3-4,9-10,15-16,21-22,27-28,33-34,39-40,45-46,51-68H2,1-2H3/b7-5-,8-6-,13-11-,14-12-,19-17-,20-18-,25-23-,26-24-,31-29-,32-30-,37-35-,38-36-,43-41-,44-42-,49-47-,50-48-. The van der Waals surface area contributed by atoms with Gasteiger partial charge in [-0.15, -0.1) is 0 Å². The summed E-state index contributed by atoms with van der Waals surface area (Å²) in [5.41, 5.74) is 0. The number of carbonyl (C=O) groups is 2. The van der Waals surface area contributed by atoms with Crippen molar-refractivity contribution in [3.63, 3.8) is 0 Å². The molecule has 422 valence electrons. The first-order valence-electron chi connectivity index (χ1n) is 30.0. The van der Waals surface area contributed by atoms with Gasteiger partial charge in [-0.1, -0.05) is 260 Å². The summed E-state index contributed by atoms with van der Waals surface area (Å²) in [6.07, 6.45) is 102. The van der Waals surface area contributed by atoms with E-state index in [0.29, 0.717) is 12.8 Å². The lowest BCUT2D eigenvalue weighted by Crippen LogP contribution is -2.28. The van der Waals surface area contributed by atoms with Crippen molar-refractivity contribution in [2.24, 2.45) is 0 Å². The van der Waals surface area contributed by atoms with Crippen LogP contribution >= 0.6 is 0 Å². The van der Waals surface area contributed by atoms with Gasteiger partial charge in [0.25, 0.3) is 0 Å². The number of allylic oxidation sites excluding steroid dienone is 32. The molecule has 0 saturated heterocycles. The maximum absolute atomic E-state index is 12.3. The molecular formula is C71H108O5. The Hall–Kier alpha value is -5.26. The lowest BCUT2D eigenvalue weighted by atomic mass is 10.1. The van der Waals surface area contributed by atoms with Gasteiger partial charge in [-0.05, 0) is 141 Å². The van der Waals surface area contributed by atoms with E-state index in [9.17, 15) is 14.7 Å². The maximum Gasteiger partial charge on any atom is 0.306 e. The molecule has 0 saturated carbocycles. The highest BCUT2D eigenvalue weighted by atomic mass is 16.6. The molecule has 0 aliphatic carbocycles. The molecule has 1 unspecified atom stereocenters. The molecule has 0 radical (unpaired) electrons. The van der Waals surface area contributed by atoms with Crippen molar-refractivity contribution >= 4 is 11.9 Å². The zero-order chi connectivity index (χ0) is 54.8. The van der Waals surface area contributed by atoms with Gasteiger partial charge in [0.1, 0.15) is 6.61 Å². The van der Waals surface area contributed by atoms with Crippen LogP contribution < -0.4 is 0 Å². The molecule has 0 aromatic rings. The molecule has 0 aliphatic rings. The molecule has 0 aromatic carbocycles. The van der Waals surface area contributed by atoms with Crippen molar-refractivity contribution < 1.29 is 24.2 Å². The molecule has 0 aromatic heterocycles. The zero-order valence-electron chi connectivity index (χ0n) is 48.2. The number of esters is 2. The van der Waals surface area contributed by atoms with Crippen molar-refractivity contribution in [2.45, 2.75) is 225 Å². The maximum atomic E-state index is 12.3. The third-order valence-corrected chi connectivity index (χ3v) is 11.9. The van der Waals surface area contributed by atoms with E-state index in [4.69, 9.17) is 9.47 Å². The Morgan fingerprint density at radius 2 is 0.526 bits per heavy atom. The first kappa shape index (κ1) is 70.7. The summed E-state index contributed by atoms with van der Waals surface area (Å²) in [6, 6.07) is 0. The first-order valence-corrected chi connectivity index (χ1v) is 30.0. The van der Waals surface area contributed by atoms with Crippen molar-refractivity contribution in [2.75, 3.05) is 13.2 Å². The van der Waals surface area contributed by atoms with E-state index in [-0.39, 0.29) is 25.2 Å². The Morgan fingerprint density at radius 1 is 0.303 bits per heavy atom. The number of aliphatic hydroxyl groups excluding tert-OH is 1. The number of hydrogen-bond acceptors (Lipinski definition) is 5. The molecule has 5 nitrogen and oxygen atoms in total. The van der Waals surface area contributed by atoms with E-state index >= 15 is 0 Å². The first-order chi connectivity index (χ1) is 37.6. The van der Waals surface area contributed by atoms with Crippen molar-refractivity contribution in [3.05, 3.63) is 194 Å². The highest BCUT2D eigenvalue weighted by molar-refractivity contribution is 5.70. The summed E-state index contributed by atoms with van der Waals surface area (Å²) in [4.78, 5) is 24.6. The van der Waals surface area contributed by atoms with Gasteiger partial charge in [-0.25, -0.2) is 0 Å². The molecular weight excluding hydrogens is 933 g/mol. The van der Waals surface area contributed by atoms with E-state index < -0.39 is 6.10 Å². The molecule has 76 heavy (non-hydrogen) atoms. The second-order valence-electron chi connectivity index (χ2n) is 19.0. The van der Waals surface area contributed by atoms with Crippen molar-refractivity contribution in [1.82, 2.24) is 0 Å². The third kappa shape index (κ3) is 61.3. The number of ether oxygens (including phenoxy) is 2. The fraction of sp³-hybridized carbons (Fsp3) is 0.521. The summed E-state index contributed by atoms with van der Waals surface area (Å²) in [5, 5.41) is 9.67. The van der Waals surface area contributed by atoms with Crippen LogP contribution in [0.3, 0.4) is 0 Å². The lowest BCUT2D eigenvalue weighted by Gasteiger charge is -2.15. The quantitative estimate of drug-likeness (QED) is 0.0373. The normalized spacial score (nSPS) is 13.7. The fourth-order valence-electron chi connectivity index (χ4n) is 7.47. The van der Waals surface area contributed by atoms with Crippen molar-refractivity contribution in [3.8, 4) is 0 Å². The minimum absolute atomic E-state index is 0.0943. The van der Waals surface area contributed by atoms with Gasteiger partial charge in [0.05, 0.1) is 6.61 Å². The molecule has 0 aliphatic heterocycles. The summed E-state index contributed by atoms with van der Waals surface area (Å²) >= 11 is 0. The number of hydrogen-bond donors (Lipinski definition) is 1. The van der Waals surface area contributed by atoms with Crippen LogP contribution in [0.15, 0.2) is 194 Å². The van der Waals surface area contributed by atoms with Gasteiger partial charge in [0, 0.05) is 12.8 Å². The second kappa shape index (κ2) is 64.0. The van der Waals surface area contributed by atoms with Crippen LogP contribution in [0, 0.1) is 0 Å². The minimum Gasteiger partial charge on any atom is -0.462 e. The van der Waals surface area contributed by atoms with Crippen LogP contribution in [0.5, 0.6) is 0 Å². The molecule has 0 heterocycles.